The topological polar surface area (TPSA) is 104 Å². The second-order valence-corrected chi connectivity index (χ2v) is 8.80. The van der Waals surface area contributed by atoms with E-state index in [1.54, 1.807) is 54.6 Å². The standard InChI is InChI=1S/C23H22N2O5S/c1-17-10-12-21(13-11-17)31(29,30)25(20-8-3-2-4-9-20)16-22(26)24-15-18-6-5-7-19(14-18)23(27)28/h2-14H,15-16H2,1H3,(H,24,26)(H,27,28). The molecule has 0 saturated heterocycles. The van der Waals surface area contributed by atoms with Crippen molar-refractivity contribution in [3.63, 3.8) is 0 Å². The monoisotopic (exact) mass is 438 g/mol. The number of carbonyl (C=O) groups is 2. The fourth-order valence-corrected chi connectivity index (χ4v) is 4.37. The third-order valence-corrected chi connectivity index (χ3v) is 6.39. The molecular formula is C23H22N2O5S. The van der Waals surface area contributed by atoms with Crippen molar-refractivity contribution < 1.29 is 23.1 Å². The number of aryl methyl sites for hydroxylation is 1. The first-order valence-corrected chi connectivity index (χ1v) is 10.9. The number of sulfonamides is 1. The zero-order valence-corrected chi connectivity index (χ0v) is 17.7. The summed E-state index contributed by atoms with van der Waals surface area (Å²) < 4.78 is 27.6. The van der Waals surface area contributed by atoms with Gasteiger partial charge < -0.3 is 10.4 Å². The number of para-hydroxylation sites is 1. The van der Waals surface area contributed by atoms with Crippen LogP contribution in [0.2, 0.25) is 0 Å². The quantitative estimate of drug-likeness (QED) is 0.562. The Hall–Kier alpha value is -3.65. The maximum Gasteiger partial charge on any atom is 0.335 e. The summed E-state index contributed by atoms with van der Waals surface area (Å²) in [6.07, 6.45) is 0. The lowest BCUT2D eigenvalue weighted by atomic mass is 10.1. The van der Waals surface area contributed by atoms with E-state index in [2.05, 4.69) is 5.32 Å². The first-order chi connectivity index (χ1) is 14.8. The van der Waals surface area contributed by atoms with Crippen molar-refractivity contribution in [3.8, 4) is 0 Å². The van der Waals surface area contributed by atoms with Crippen molar-refractivity contribution >= 4 is 27.6 Å². The van der Waals surface area contributed by atoms with Crippen molar-refractivity contribution in [1.82, 2.24) is 5.32 Å². The summed E-state index contributed by atoms with van der Waals surface area (Å²) in [6.45, 7) is 1.52. The van der Waals surface area contributed by atoms with E-state index in [0.717, 1.165) is 9.87 Å². The van der Waals surface area contributed by atoms with Crippen LogP contribution < -0.4 is 9.62 Å². The zero-order chi connectivity index (χ0) is 22.4. The highest BCUT2D eigenvalue weighted by Gasteiger charge is 2.27. The molecule has 3 aromatic carbocycles. The summed E-state index contributed by atoms with van der Waals surface area (Å²) in [6, 6.07) is 21.0. The molecule has 0 aromatic heterocycles. The molecule has 2 N–H and O–H groups in total. The van der Waals surface area contributed by atoms with Gasteiger partial charge in [-0.1, -0.05) is 48.0 Å². The highest BCUT2D eigenvalue weighted by atomic mass is 32.2. The molecule has 160 valence electrons. The molecule has 0 spiro atoms. The molecule has 0 aliphatic heterocycles. The number of rotatable bonds is 8. The minimum absolute atomic E-state index is 0.0765. The Bertz CT molecular complexity index is 1180. The number of hydrogen-bond acceptors (Lipinski definition) is 4. The van der Waals surface area contributed by atoms with Crippen LogP contribution in [0.25, 0.3) is 0 Å². The molecule has 7 nitrogen and oxygen atoms in total. The van der Waals surface area contributed by atoms with Crippen molar-refractivity contribution in [2.45, 2.75) is 18.4 Å². The van der Waals surface area contributed by atoms with Gasteiger partial charge in [-0.15, -0.1) is 0 Å². The van der Waals surface area contributed by atoms with Crippen LogP contribution in [0.3, 0.4) is 0 Å². The Morgan fingerprint density at radius 2 is 1.61 bits per heavy atom. The molecule has 0 fully saturated rings. The van der Waals surface area contributed by atoms with Gasteiger partial charge in [-0.25, -0.2) is 13.2 Å². The van der Waals surface area contributed by atoms with Gasteiger partial charge in [-0.05, 0) is 48.9 Å². The minimum atomic E-state index is -3.97. The maximum atomic E-state index is 13.3. The highest BCUT2D eigenvalue weighted by molar-refractivity contribution is 7.92. The normalized spacial score (nSPS) is 11.0. The molecule has 0 bridgehead atoms. The van der Waals surface area contributed by atoms with Gasteiger partial charge in [-0.3, -0.25) is 9.10 Å². The summed E-state index contributed by atoms with van der Waals surface area (Å²) in [5.41, 5.74) is 2.00. The van der Waals surface area contributed by atoms with Crippen molar-refractivity contribution in [2.75, 3.05) is 10.8 Å². The number of nitrogens with one attached hydrogen (secondary N) is 1. The number of carboxylic acids is 1. The number of anilines is 1. The van der Waals surface area contributed by atoms with Crippen LogP contribution in [0.5, 0.6) is 0 Å². The number of nitrogens with zero attached hydrogens (tertiary/aromatic N) is 1. The van der Waals surface area contributed by atoms with Crippen LogP contribution in [0.15, 0.2) is 83.8 Å². The predicted molar refractivity (Wildman–Crippen MR) is 117 cm³/mol. The molecule has 0 saturated carbocycles. The second-order valence-electron chi connectivity index (χ2n) is 6.94. The van der Waals surface area contributed by atoms with Crippen molar-refractivity contribution in [3.05, 3.63) is 95.6 Å². The molecule has 0 radical (unpaired) electrons. The molecule has 0 aliphatic carbocycles. The van der Waals surface area contributed by atoms with Crippen LogP contribution in [-0.4, -0.2) is 31.9 Å². The van der Waals surface area contributed by atoms with Gasteiger partial charge in [0.2, 0.25) is 5.91 Å². The Kier molecular flexibility index (Phi) is 6.71. The summed E-state index contributed by atoms with van der Waals surface area (Å²) in [4.78, 5) is 23.8. The molecular weight excluding hydrogens is 416 g/mol. The third-order valence-electron chi connectivity index (χ3n) is 4.60. The lowest BCUT2D eigenvalue weighted by Gasteiger charge is -2.24. The van der Waals surface area contributed by atoms with Crippen LogP contribution in [0.4, 0.5) is 5.69 Å². The molecule has 0 unspecified atom stereocenters. The highest BCUT2D eigenvalue weighted by Crippen LogP contribution is 2.23. The number of hydrogen-bond donors (Lipinski definition) is 2. The molecule has 0 atom stereocenters. The number of carboxylic acid groups (broad SMARTS) is 1. The van der Waals surface area contributed by atoms with E-state index in [9.17, 15) is 18.0 Å². The van der Waals surface area contributed by atoms with Gasteiger partial charge in [0, 0.05) is 6.54 Å². The molecule has 8 heteroatoms. The van der Waals surface area contributed by atoms with Crippen molar-refractivity contribution in [2.24, 2.45) is 0 Å². The van der Waals surface area contributed by atoms with E-state index in [1.807, 2.05) is 6.92 Å². The first kappa shape index (κ1) is 22.0. The van der Waals surface area contributed by atoms with E-state index in [0.29, 0.717) is 11.3 Å². The Morgan fingerprint density at radius 3 is 2.26 bits per heavy atom. The lowest BCUT2D eigenvalue weighted by Crippen LogP contribution is -2.40. The average Bonchev–Trinajstić information content (AvgIpc) is 2.77. The molecule has 3 aromatic rings. The van der Waals surface area contributed by atoms with Crippen LogP contribution in [0.1, 0.15) is 21.5 Å². The lowest BCUT2D eigenvalue weighted by molar-refractivity contribution is -0.119. The van der Waals surface area contributed by atoms with Crippen LogP contribution in [0, 0.1) is 6.92 Å². The number of carbonyl (C=O) groups excluding carboxylic acids is 1. The van der Waals surface area contributed by atoms with E-state index < -0.39 is 28.4 Å². The summed E-state index contributed by atoms with van der Waals surface area (Å²) in [5, 5.41) is 11.7. The Balaban J connectivity index is 1.81. The first-order valence-electron chi connectivity index (χ1n) is 9.51. The Morgan fingerprint density at radius 1 is 0.935 bits per heavy atom. The largest absolute Gasteiger partial charge is 0.478 e. The van der Waals surface area contributed by atoms with Gasteiger partial charge in [0.25, 0.3) is 10.0 Å². The number of benzene rings is 3. The van der Waals surface area contributed by atoms with Crippen molar-refractivity contribution in [1.29, 1.82) is 0 Å². The summed E-state index contributed by atoms with van der Waals surface area (Å²) in [7, 11) is -3.97. The minimum Gasteiger partial charge on any atom is -0.478 e. The van der Waals surface area contributed by atoms with Gasteiger partial charge >= 0.3 is 5.97 Å². The molecule has 0 aliphatic rings. The van der Waals surface area contributed by atoms with Gasteiger partial charge in [-0.2, -0.15) is 0 Å². The van der Waals surface area contributed by atoms with Gasteiger partial charge in [0.1, 0.15) is 6.54 Å². The number of amides is 1. The van der Waals surface area contributed by atoms with E-state index in [1.165, 1.54) is 24.3 Å². The Labute approximate surface area is 181 Å². The fraction of sp³-hybridized carbons (Fsp3) is 0.130. The van der Waals surface area contributed by atoms with E-state index in [4.69, 9.17) is 5.11 Å². The average molecular weight is 439 g/mol. The molecule has 3 rings (SSSR count). The second kappa shape index (κ2) is 9.44. The third kappa shape index (κ3) is 5.49. The fourth-order valence-electron chi connectivity index (χ4n) is 2.95. The van der Waals surface area contributed by atoms with E-state index >= 15 is 0 Å². The molecule has 1 amide bonds. The van der Waals surface area contributed by atoms with Gasteiger partial charge in [0.05, 0.1) is 16.1 Å². The SMILES string of the molecule is Cc1ccc(S(=O)(=O)N(CC(=O)NCc2cccc(C(=O)O)c2)c2ccccc2)cc1. The summed E-state index contributed by atoms with van der Waals surface area (Å²) in [5.74, 6) is -1.58. The van der Waals surface area contributed by atoms with Crippen LogP contribution >= 0.6 is 0 Å². The van der Waals surface area contributed by atoms with E-state index in [-0.39, 0.29) is 17.0 Å². The zero-order valence-electron chi connectivity index (χ0n) is 16.9. The molecule has 0 heterocycles. The maximum absolute atomic E-state index is 13.3. The predicted octanol–water partition coefficient (Wildman–Crippen LogP) is 3.20. The smallest absolute Gasteiger partial charge is 0.335 e. The van der Waals surface area contributed by atoms with Gasteiger partial charge in [0.15, 0.2) is 0 Å². The number of aromatic carboxylic acids is 1. The summed E-state index contributed by atoms with van der Waals surface area (Å²) >= 11 is 0. The molecule has 31 heavy (non-hydrogen) atoms. The van der Waals surface area contributed by atoms with Crippen LogP contribution in [-0.2, 0) is 21.4 Å².